The Kier molecular flexibility index (Phi) is 6.23. The highest BCUT2D eigenvalue weighted by Gasteiger charge is 2.33. The summed E-state index contributed by atoms with van der Waals surface area (Å²) < 4.78 is 64.2. The molecule has 27 heavy (non-hydrogen) atoms. The quantitative estimate of drug-likeness (QED) is 0.719. The summed E-state index contributed by atoms with van der Waals surface area (Å²) in [6, 6.07) is 2.36. The Labute approximate surface area is 159 Å². The molecule has 1 aliphatic rings. The molecule has 0 spiro atoms. The monoisotopic (exact) mass is 408 g/mol. The molecule has 152 valence electrons. The maximum Gasteiger partial charge on any atom is 0.400 e. The minimum Gasteiger partial charge on any atom is -0.366 e. The first-order valence-electron chi connectivity index (χ1n) is 8.59. The van der Waals surface area contributed by atoms with Crippen LogP contribution in [0.15, 0.2) is 17.0 Å². The number of carbonyl (C=O) groups excluding carboxylic acids is 1. The zero-order valence-corrected chi connectivity index (χ0v) is 16.6. The van der Waals surface area contributed by atoms with Crippen LogP contribution in [0.4, 0.5) is 23.2 Å². The maximum absolute atomic E-state index is 14.4. The lowest BCUT2D eigenvalue weighted by molar-refractivity contribution is -0.139. The molecule has 0 radical (unpaired) electrons. The van der Waals surface area contributed by atoms with Gasteiger partial charge in [-0.25, -0.2) is 4.39 Å². The molecule has 0 bridgehead atoms. The topological polar surface area (TPSA) is 40.6 Å². The van der Waals surface area contributed by atoms with Gasteiger partial charge in [0.05, 0.1) is 16.5 Å². The van der Waals surface area contributed by atoms with Crippen LogP contribution in [-0.4, -0.2) is 53.1 Å². The first-order valence-corrected chi connectivity index (χ1v) is 9.91. The average Bonchev–Trinajstić information content (AvgIpc) is 2.52. The van der Waals surface area contributed by atoms with Gasteiger partial charge in [-0.2, -0.15) is 13.2 Å². The number of alkyl halides is 3. The van der Waals surface area contributed by atoms with Crippen molar-refractivity contribution in [2.24, 2.45) is 5.41 Å². The minimum absolute atomic E-state index is 0.00139. The second-order valence-corrected chi connectivity index (χ2v) is 9.12. The number of amides is 1. The van der Waals surface area contributed by atoms with Gasteiger partial charge >= 0.3 is 6.18 Å². The van der Waals surface area contributed by atoms with Crippen molar-refractivity contribution in [3.8, 4) is 0 Å². The largest absolute Gasteiger partial charge is 0.400 e. The summed E-state index contributed by atoms with van der Waals surface area (Å²) in [7, 11) is -2.30. The Bertz CT molecular complexity index is 736. The van der Waals surface area contributed by atoms with Crippen molar-refractivity contribution in [3.05, 3.63) is 23.5 Å². The molecule has 1 unspecified atom stereocenters. The van der Waals surface area contributed by atoms with E-state index in [1.165, 1.54) is 13.0 Å². The molecule has 0 saturated carbocycles. The summed E-state index contributed by atoms with van der Waals surface area (Å²) in [5.74, 6) is -2.04. The Morgan fingerprint density at radius 1 is 1.11 bits per heavy atom. The molecular formula is C18H24F4N2O2S. The molecule has 1 fully saturated rings. The zero-order valence-electron chi connectivity index (χ0n) is 15.8. The van der Waals surface area contributed by atoms with Crippen LogP contribution < -0.4 is 4.90 Å². The molecule has 1 aliphatic heterocycles. The fourth-order valence-electron chi connectivity index (χ4n) is 2.98. The predicted molar refractivity (Wildman–Crippen MR) is 96.7 cm³/mol. The lowest BCUT2D eigenvalue weighted by Gasteiger charge is -2.39. The normalized spacial score (nSPS) is 17.2. The standard InChI is InChI=1S/C18H24F4N2O2S/c1-12-9-13(19)14(10-15(12)27(26)11-18(20,21)22)23-5-7-24(8-6-23)16(25)17(2,3)4/h9-10H,5-8,11H2,1-4H3. The smallest absolute Gasteiger partial charge is 0.366 e. The third kappa shape index (κ3) is 5.43. The Morgan fingerprint density at radius 2 is 1.67 bits per heavy atom. The fourth-order valence-corrected chi connectivity index (χ4v) is 4.09. The van der Waals surface area contributed by atoms with Crippen LogP contribution in [0, 0.1) is 18.2 Å². The van der Waals surface area contributed by atoms with E-state index in [2.05, 4.69) is 0 Å². The summed E-state index contributed by atoms with van der Waals surface area (Å²) >= 11 is 0. The molecule has 1 aromatic rings. The molecule has 0 N–H and O–H groups in total. The number of hydrogen-bond acceptors (Lipinski definition) is 3. The molecule has 1 heterocycles. The Balaban J connectivity index is 2.19. The summed E-state index contributed by atoms with van der Waals surface area (Å²) in [5, 5.41) is 0. The Morgan fingerprint density at radius 3 is 2.15 bits per heavy atom. The number of aryl methyl sites for hydroxylation is 1. The van der Waals surface area contributed by atoms with E-state index in [1.54, 1.807) is 9.80 Å². The fraction of sp³-hybridized carbons (Fsp3) is 0.611. The van der Waals surface area contributed by atoms with E-state index < -0.39 is 34.0 Å². The Hall–Kier alpha value is -1.64. The van der Waals surface area contributed by atoms with E-state index in [0.717, 1.165) is 6.07 Å². The van der Waals surface area contributed by atoms with E-state index in [4.69, 9.17) is 0 Å². The molecule has 0 aromatic heterocycles. The number of piperazine rings is 1. The summed E-state index contributed by atoms with van der Waals surface area (Å²) in [6.45, 7) is 8.41. The van der Waals surface area contributed by atoms with Crippen LogP contribution in [0.5, 0.6) is 0 Å². The number of hydrogen-bond donors (Lipinski definition) is 0. The number of halogens is 4. The number of rotatable bonds is 3. The van der Waals surface area contributed by atoms with Crippen molar-refractivity contribution in [2.45, 2.75) is 38.8 Å². The van der Waals surface area contributed by atoms with Gasteiger partial charge in [0.1, 0.15) is 11.6 Å². The summed E-state index contributed by atoms with van der Waals surface area (Å²) in [5.41, 5.74) is -0.173. The molecule has 1 amide bonds. The van der Waals surface area contributed by atoms with Gasteiger partial charge in [-0.05, 0) is 24.6 Å². The number of anilines is 1. The summed E-state index contributed by atoms with van der Waals surface area (Å²) in [4.78, 5) is 15.7. The average molecular weight is 408 g/mol. The van der Waals surface area contributed by atoms with Crippen molar-refractivity contribution in [1.29, 1.82) is 0 Å². The van der Waals surface area contributed by atoms with Gasteiger partial charge in [0.15, 0.2) is 0 Å². The molecule has 2 rings (SSSR count). The number of carbonyl (C=O) groups is 1. The van der Waals surface area contributed by atoms with Gasteiger partial charge in [0.25, 0.3) is 0 Å². The van der Waals surface area contributed by atoms with Gasteiger partial charge in [-0.1, -0.05) is 20.8 Å². The molecule has 1 atom stereocenters. The van der Waals surface area contributed by atoms with Crippen LogP contribution in [0.2, 0.25) is 0 Å². The molecule has 0 aliphatic carbocycles. The maximum atomic E-state index is 14.4. The zero-order chi connectivity index (χ0) is 20.6. The van der Waals surface area contributed by atoms with Crippen LogP contribution in [-0.2, 0) is 15.6 Å². The third-order valence-corrected chi connectivity index (χ3v) is 5.85. The third-order valence-electron chi connectivity index (χ3n) is 4.33. The van der Waals surface area contributed by atoms with Crippen molar-refractivity contribution >= 4 is 22.4 Å². The van der Waals surface area contributed by atoms with Crippen molar-refractivity contribution in [3.63, 3.8) is 0 Å². The van der Waals surface area contributed by atoms with E-state index in [0.29, 0.717) is 26.2 Å². The van der Waals surface area contributed by atoms with Gasteiger partial charge in [0.2, 0.25) is 5.91 Å². The van der Waals surface area contributed by atoms with Gasteiger partial charge in [-0.15, -0.1) is 0 Å². The molecule has 1 saturated heterocycles. The van der Waals surface area contributed by atoms with E-state index in [9.17, 15) is 26.6 Å². The second kappa shape index (κ2) is 7.77. The lowest BCUT2D eigenvalue weighted by Crippen LogP contribution is -2.51. The van der Waals surface area contributed by atoms with E-state index >= 15 is 0 Å². The molecule has 4 nitrogen and oxygen atoms in total. The highest BCUT2D eigenvalue weighted by Crippen LogP contribution is 2.29. The van der Waals surface area contributed by atoms with Crippen LogP contribution in [0.3, 0.4) is 0 Å². The first-order chi connectivity index (χ1) is 12.3. The first kappa shape index (κ1) is 21.7. The van der Waals surface area contributed by atoms with Crippen LogP contribution in [0.1, 0.15) is 26.3 Å². The predicted octanol–water partition coefficient (Wildman–Crippen LogP) is 3.50. The summed E-state index contributed by atoms with van der Waals surface area (Å²) in [6.07, 6.45) is -4.56. The highest BCUT2D eigenvalue weighted by molar-refractivity contribution is 7.85. The van der Waals surface area contributed by atoms with Gasteiger partial charge in [-0.3, -0.25) is 9.00 Å². The van der Waals surface area contributed by atoms with E-state index in [1.807, 2.05) is 20.8 Å². The van der Waals surface area contributed by atoms with Gasteiger partial charge < -0.3 is 9.80 Å². The molecular weight excluding hydrogens is 384 g/mol. The number of benzene rings is 1. The SMILES string of the molecule is Cc1cc(F)c(N2CCN(C(=O)C(C)(C)C)CC2)cc1S(=O)CC(F)(F)F. The number of nitrogens with zero attached hydrogens (tertiary/aromatic N) is 2. The molecule has 9 heteroatoms. The second-order valence-electron chi connectivity index (χ2n) is 7.70. The lowest BCUT2D eigenvalue weighted by atomic mass is 9.94. The molecule has 1 aromatic carbocycles. The van der Waals surface area contributed by atoms with Crippen LogP contribution >= 0.6 is 0 Å². The van der Waals surface area contributed by atoms with Crippen molar-refractivity contribution < 1.29 is 26.6 Å². The highest BCUT2D eigenvalue weighted by atomic mass is 32.2. The van der Waals surface area contributed by atoms with Crippen LogP contribution in [0.25, 0.3) is 0 Å². The van der Waals surface area contributed by atoms with E-state index in [-0.39, 0.29) is 22.1 Å². The van der Waals surface area contributed by atoms with Gasteiger partial charge in [0, 0.05) is 36.5 Å². The van der Waals surface area contributed by atoms with Crippen molar-refractivity contribution in [1.82, 2.24) is 4.90 Å². The van der Waals surface area contributed by atoms with Crippen molar-refractivity contribution in [2.75, 3.05) is 36.8 Å². The minimum atomic E-state index is -4.56.